The van der Waals surface area contributed by atoms with Gasteiger partial charge in [-0.25, -0.2) is 4.79 Å². The molecule has 0 aliphatic heterocycles. The third-order valence-corrected chi connectivity index (χ3v) is 2.63. The van der Waals surface area contributed by atoms with Gasteiger partial charge in [0.25, 0.3) is 0 Å². The largest absolute Gasteiger partial charge is 0.462 e. The van der Waals surface area contributed by atoms with Gasteiger partial charge in [-0.2, -0.15) is 0 Å². The van der Waals surface area contributed by atoms with Gasteiger partial charge in [0.15, 0.2) is 5.58 Å². The molecular formula is C13H16N2O3. The first kappa shape index (κ1) is 12.4. The first-order valence-corrected chi connectivity index (χ1v) is 6.01. The molecule has 2 heterocycles. The molecule has 0 fully saturated rings. The fourth-order valence-electron chi connectivity index (χ4n) is 1.86. The van der Waals surface area contributed by atoms with E-state index in [4.69, 9.17) is 14.9 Å². The number of esters is 1. The van der Waals surface area contributed by atoms with Gasteiger partial charge in [0, 0.05) is 6.20 Å². The Morgan fingerprint density at radius 2 is 2.28 bits per heavy atom. The quantitative estimate of drug-likeness (QED) is 0.841. The van der Waals surface area contributed by atoms with Crippen molar-refractivity contribution in [1.29, 1.82) is 0 Å². The minimum Gasteiger partial charge on any atom is -0.462 e. The molecule has 18 heavy (non-hydrogen) atoms. The third-order valence-electron chi connectivity index (χ3n) is 2.63. The van der Waals surface area contributed by atoms with E-state index in [1.54, 1.807) is 13.1 Å². The summed E-state index contributed by atoms with van der Waals surface area (Å²) in [5.74, 6) is -0.436. The summed E-state index contributed by atoms with van der Waals surface area (Å²) >= 11 is 0. The molecule has 0 unspecified atom stereocenters. The van der Waals surface area contributed by atoms with Crippen LogP contribution in [0.2, 0.25) is 0 Å². The van der Waals surface area contributed by atoms with E-state index < -0.39 is 5.97 Å². The Balaban J connectivity index is 2.48. The van der Waals surface area contributed by atoms with Crippen LogP contribution in [0.25, 0.3) is 11.1 Å². The van der Waals surface area contributed by atoms with Gasteiger partial charge in [-0.3, -0.25) is 4.98 Å². The fourth-order valence-corrected chi connectivity index (χ4v) is 1.86. The number of carbonyl (C=O) groups is 1. The third kappa shape index (κ3) is 2.16. The van der Waals surface area contributed by atoms with Crippen molar-refractivity contribution < 1.29 is 13.9 Å². The van der Waals surface area contributed by atoms with E-state index in [9.17, 15) is 4.79 Å². The highest BCUT2D eigenvalue weighted by atomic mass is 16.5. The predicted molar refractivity (Wildman–Crippen MR) is 68.4 cm³/mol. The lowest BCUT2D eigenvalue weighted by atomic mass is 10.1. The highest BCUT2D eigenvalue weighted by Crippen LogP contribution is 2.27. The monoisotopic (exact) mass is 248 g/mol. The van der Waals surface area contributed by atoms with Gasteiger partial charge < -0.3 is 14.9 Å². The Bertz CT molecular complexity index is 575. The molecule has 0 aliphatic carbocycles. The molecule has 0 aromatic carbocycles. The minimum absolute atomic E-state index is 0.0598. The number of aryl methyl sites for hydroxylation is 1. The number of rotatable bonds is 4. The summed E-state index contributed by atoms with van der Waals surface area (Å²) in [7, 11) is 0. The van der Waals surface area contributed by atoms with Crippen LogP contribution in [0.5, 0.6) is 0 Å². The van der Waals surface area contributed by atoms with Gasteiger partial charge in [-0.05, 0) is 25.0 Å². The molecule has 0 amide bonds. The summed E-state index contributed by atoms with van der Waals surface area (Å²) in [5.41, 5.74) is 7.98. The van der Waals surface area contributed by atoms with E-state index in [-0.39, 0.29) is 11.4 Å². The van der Waals surface area contributed by atoms with Crippen LogP contribution in [-0.4, -0.2) is 17.6 Å². The molecule has 96 valence electrons. The Morgan fingerprint density at radius 3 is 2.94 bits per heavy atom. The number of nitrogens with zero attached hydrogens (tertiary/aromatic N) is 1. The molecule has 5 heteroatoms. The average molecular weight is 248 g/mol. The van der Waals surface area contributed by atoms with Crippen molar-refractivity contribution in [3.63, 3.8) is 0 Å². The maximum Gasteiger partial charge on any atom is 0.345 e. The van der Waals surface area contributed by atoms with Crippen LogP contribution in [0.4, 0.5) is 5.88 Å². The van der Waals surface area contributed by atoms with Crippen molar-refractivity contribution in [3.8, 4) is 0 Å². The topological polar surface area (TPSA) is 78.3 Å². The summed E-state index contributed by atoms with van der Waals surface area (Å²) < 4.78 is 10.3. The normalized spacial score (nSPS) is 10.8. The number of aromatic nitrogens is 1. The summed E-state index contributed by atoms with van der Waals surface area (Å²) in [6.45, 7) is 4.12. The Kier molecular flexibility index (Phi) is 3.50. The minimum atomic E-state index is -0.496. The number of ether oxygens (including phenoxy) is 1. The molecular weight excluding hydrogens is 232 g/mol. The molecule has 5 nitrogen and oxygen atoms in total. The van der Waals surface area contributed by atoms with Crippen molar-refractivity contribution in [2.75, 3.05) is 12.3 Å². The summed E-state index contributed by atoms with van der Waals surface area (Å²) in [5, 5.41) is 0. The van der Waals surface area contributed by atoms with Crippen LogP contribution in [0.15, 0.2) is 16.7 Å². The molecule has 2 aromatic rings. The van der Waals surface area contributed by atoms with E-state index in [0.29, 0.717) is 17.7 Å². The molecule has 0 aliphatic rings. The van der Waals surface area contributed by atoms with Gasteiger partial charge in [0.05, 0.1) is 6.61 Å². The lowest BCUT2D eigenvalue weighted by Crippen LogP contribution is -2.06. The van der Waals surface area contributed by atoms with Crippen molar-refractivity contribution in [2.45, 2.75) is 26.7 Å². The second kappa shape index (κ2) is 5.08. The second-order valence-electron chi connectivity index (χ2n) is 4.00. The smallest absolute Gasteiger partial charge is 0.345 e. The van der Waals surface area contributed by atoms with Crippen molar-refractivity contribution >= 4 is 23.0 Å². The van der Waals surface area contributed by atoms with Crippen LogP contribution >= 0.6 is 0 Å². The molecule has 2 N–H and O–H groups in total. The maximum absolute atomic E-state index is 11.7. The number of pyridine rings is 1. The number of anilines is 1. The van der Waals surface area contributed by atoms with Crippen LogP contribution in [0.3, 0.4) is 0 Å². The first-order valence-electron chi connectivity index (χ1n) is 6.01. The van der Waals surface area contributed by atoms with E-state index in [1.807, 2.05) is 6.07 Å². The number of fused-ring (bicyclic) bond motifs is 1. The van der Waals surface area contributed by atoms with Crippen LogP contribution in [0, 0.1) is 0 Å². The molecule has 0 saturated carbocycles. The van der Waals surface area contributed by atoms with Crippen LogP contribution in [-0.2, 0) is 11.2 Å². The molecule has 0 radical (unpaired) electrons. The highest BCUT2D eigenvalue weighted by Gasteiger charge is 2.21. The van der Waals surface area contributed by atoms with E-state index in [0.717, 1.165) is 18.4 Å². The standard InChI is InChI=1S/C13H16N2O3/c1-3-5-8-6-9-11(15-7-8)10(12(14)18-9)13(16)17-4-2/h6-7H,3-5,14H2,1-2H3. The van der Waals surface area contributed by atoms with Crippen LogP contribution < -0.4 is 5.73 Å². The van der Waals surface area contributed by atoms with Gasteiger partial charge in [0.1, 0.15) is 11.1 Å². The van der Waals surface area contributed by atoms with Gasteiger partial charge in [-0.15, -0.1) is 0 Å². The zero-order chi connectivity index (χ0) is 13.1. The molecule has 0 bridgehead atoms. The number of carbonyl (C=O) groups excluding carboxylic acids is 1. The molecule has 2 aromatic heterocycles. The second-order valence-corrected chi connectivity index (χ2v) is 4.00. The number of nitrogen functional groups attached to an aromatic ring is 1. The molecule has 2 rings (SSSR count). The number of hydrogen-bond acceptors (Lipinski definition) is 5. The summed E-state index contributed by atoms with van der Waals surface area (Å²) in [4.78, 5) is 16.0. The first-order chi connectivity index (χ1) is 8.67. The predicted octanol–water partition coefficient (Wildman–Crippen LogP) is 2.54. The number of hydrogen-bond donors (Lipinski definition) is 1. The van der Waals surface area contributed by atoms with Gasteiger partial charge in [0.2, 0.25) is 5.88 Å². The zero-order valence-corrected chi connectivity index (χ0v) is 10.5. The highest BCUT2D eigenvalue weighted by molar-refractivity contribution is 6.06. The SMILES string of the molecule is CCCc1cnc2c(C(=O)OCC)c(N)oc2c1. The summed E-state index contributed by atoms with van der Waals surface area (Å²) in [6, 6.07) is 1.87. The maximum atomic E-state index is 11.7. The van der Waals surface area contributed by atoms with Crippen molar-refractivity contribution in [2.24, 2.45) is 0 Å². The average Bonchev–Trinajstić information content (AvgIpc) is 2.65. The van der Waals surface area contributed by atoms with E-state index >= 15 is 0 Å². The van der Waals surface area contributed by atoms with Crippen LogP contribution in [0.1, 0.15) is 36.2 Å². The Hall–Kier alpha value is -2.04. The number of furan rings is 1. The Labute approximate surface area is 105 Å². The van der Waals surface area contributed by atoms with E-state index in [1.165, 1.54) is 0 Å². The number of nitrogens with two attached hydrogens (primary N) is 1. The lowest BCUT2D eigenvalue weighted by Gasteiger charge is -2.00. The van der Waals surface area contributed by atoms with Crippen molar-refractivity contribution in [1.82, 2.24) is 4.98 Å². The zero-order valence-electron chi connectivity index (χ0n) is 10.5. The van der Waals surface area contributed by atoms with Gasteiger partial charge in [-0.1, -0.05) is 13.3 Å². The summed E-state index contributed by atoms with van der Waals surface area (Å²) in [6.07, 6.45) is 3.68. The van der Waals surface area contributed by atoms with Gasteiger partial charge >= 0.3 is 5.97 Å². The Morgan fingerprint density at radius 1 is 1.50 bits per heavy atom. The molecule has 0 atom stereocenters. The van der Waals surface area contributed by atoms with E-state index in [2.05, 4.69) is 11.9 Å². The lowest BCUT2D eigenvalue weighted by molar-refractivity contribution is 0.0529. The molecule has 0 spiro atoms. The van der Waals surface area contributed by atoms with Crippen molar-refractivity contribution in [3.05, 3.63) is 23.4 Å². The fraction of sp³-hybridized carbons (Fsp3) is 0.385. The molecule has 0 saturated heterocycles.